The quantitative estimate of drug-likeness (QED) is 0.750. The second kappa shape index (κ2) is 6.46. The van der Waals surface area contributed by atoms with Gasteiger partial charge in [0, 0.05) is 23.1 Å². The molecule has 0 aromatic heterocycles. The maximum Gasteiger partial charge on any atom is 0.0108 e. The first-order valence-electron chi connectivity index (χ1n) is 6.79. The fraction of sp³-hybridized carbons (Fsp3) is 0.600. The number of hydrogen-bond donors (Lipinski definition) is 0. The van der Waals surface area contributed by atoms with E-state index in [0.717, 1.165) is 5.92 Å². The van der Waals surface area contributed by atoms with Crippen LogP contribution < -0.4 is 0 Å². The van der Waals surface area contributed by atoms with Crippen LogP contribution in [-0.4, -0.2) is 30.3 Å². The third kappa shape index (κ3) is 3.26. The van der Waals surface area contributed by atoms with Crippen LogP contribution in [0.2, 0.25) is 0 Å². The molecule has 2 rings (SSSR count). The SMILES string of the molecule is CCCN(CCC)CC1CSc2ccccc21. The maximum atomic E-state index is 2.63. The van der Waals surface area contributed by atoms with Gasteiger partial charge in [-0.05, 0) is 37.6 Å². The lowest BCUT2D eigenvalue weighted by Crippen LogP contribution is -2.30. The summed E-state index contributed by atoms with van der Waals surface area (Å²) >= 11 is 2.03. The van der Waals surface area contributed by atoms with E-state index in [9.17, 15) is 0 Å². The second-order valence-corrected chi connectivity index (χ2v) is 5.91. The van der Waals surface area contributed by atoms with Crippen LogP contribution in [0.4, 0.5) is 0 Å². The Balaban J connectivity index is 1.99. The molecule has 1 unspecified atom stereocenters. The van der Waals surface area contributed by atoms with Gasteiger partial charge in [-0.15, -0.1) is 11.8 Å². The third-order valence-corrected chi connectivity index (χ3v) is 4.61. The van der Waals surface area contributed by atoms with Crippen molar-refractivity contribution < 1.29 is 0 Å². The van der Waals surface area contributed by atoms with Gasteiger partial charge in [0.25, 0.3) is 0 Å². The van der Waals surface area contributed by atoms with Gasteiger partial charge in [0.15, 0.2) is 0 Å². The van der Waals surface area contributed by atoms with E-state index in [-0.39, 0.29) is 0 Å². The van der Waals surface area contributed by atoms with Crippen LogP contribution in [0.1, 0.15) is 38.2 Å². The van der Waals surface area contributed by atoms with Crippen molar-refractivity contribution in [3.63, 3.8) is 0 Å². The molecule has 0 spiro atoms. The van der Waals surface area contributed by atoms with Gasteiger partial charge < -0.3 is 4.90 Å². The number of benzene rings is 1. The molecule has 0 saturated carbocycles. The van der Waals surface area contributed by atoms with E-state index in [1.807, 2.05) is 11.8 Å². The van der Waals surface area contributed by atoms with Crippen molar-refractivity contribution in [2.75, 3.05) is 25.4 Å². The van der Waals surface area contributed by atoms with Crippen LogP contribution in [0.5, 0.6) is 0 Å². The zero-order chi connectivity index (χ0) is 12.1. The summed E-state index contributed by atoms with van der Waals surface area (Å²) in [6, 6.07) is 8.92. The van der Waals surface area contributed by atoms with E-state index >= 15 is 0 Å². The van der Waals surface area contributed by atoms with Gasteiger partial charge in [-0.25, -0.2) is 0 Å². The van der Waals surface area contributed by atoms with E-state index in [1.165, 1.54) is 43.1 Å². The molecule has 1 heterocycles. The Labute approximate surface area is 110 Å². The molecule has 1 aromatic carbocycles. The summed E-state index contributed by atoms with van der Waals surface area (Å²) in [7, 11) is 0. The highest BCUT2D eigenvalue weighted by molar-refractivity contribution is 7.99. The van der Waals surface area contributed by atoms with Gasteiger partial charge in [0.05, 0.1) is 0 Å². The summed E-state index contributed by atoms with van der Waals surface area (Å²) in [5, 5.41) is 0. The first-order valence-corrected chi connectivity index (χ1v) is 7.77. The van der Waals surface area contributed by atoms with Crippen LogP contribution >= 0.6 is 11.8 Å². The number of fused-ring (bicyclic) bond motifs is 1. The summed E-state index contributed by atoms with van der Waals surface area (Å²) in [6.07, 6.45) is 2.53. The first-order chi connectivity index (χ1) is 8.35. The lowest BCUT2D eigenvalue weighted by molar-refractivity contribution is 0.263. The average Bonchev–Trinajstić information content (AvgIpc) is 2.74. The lowest BCUT2D eigenvalue weighted by atomic mass is 10.0. The topological polar surface area (TPSA) is 3.24 Å². The Morgan fingerprint density at radius 2 is 1.88 bits per heavy atom. The molecule has 1 nitrogen and oxygen atoms in total. The summed E-state index contributed by atoms with van der Waals surface area (Å²) in [5.74, 6) is 2.01. The highest BCUT2D eigenvalue weighted by Gasteiger charge is 2.24. The van der Waals surface area contributed by atoms with Crippen LogP contribution in [0.3, 0.4) is 0 Å². The molecular weight excluding hydrogens is 226 g/mol. The predicted octanol–water partition coefficient (Wildman–Crippen LogP) is 4.00. The van der Waals surface area contributed by atoms with Gasteiger partial charge in [0.1, 0.15) is 0 Å². The summed E-state index contributed by atoms with van der Waals surface area (Å²) in [4.78, 5) is 4.14. The summed E-state index contributed by atoms with van der Waals surface area (Å²) in [5.41, 5.74) is 1.58. The summed E-state index contributed by atoms with van der Waals surface area (Å²) < 4.78 is 0. The standard InChI is InChI=1S/C15H23NS/c1-3-9-16(10-4-2)11-13-12-17-15-8-6-5-7-14(13)15/h5-8,13H,3-4,9-12H2,1-2H3. The molecule has 1 aliphatic heterocycles. The van der Waals surface area contributed by atoms with Crippen LogP contribution in [0.25, 0.3) is 0 Å². The molecular formula is C15H23NS. The number of hydrogen-bond acceptors (Lipinski definition) is 2. The molecule has 1 aliphatic rings. The van der Waals surface area contributed by atoms with Gasteiger partial charge in [-0.3, -0.25) is 0 Å². The number of rotatable bonds is 6. The first kappa shape index (κ1) is 13.0. The van der Waals surface area contributed by atoms with Crippen molar-refractivity contribution in [1.82, 2.24) is 4.90 Å². The normalized spacial score (nSPS) is 18.6. The molecule has 0 saturated heterocycles. The Kier molecular flexibility index (Phi) is 4.93. The van der Waals surface area contributed by atoms with Crippen molar-refractivity contribution in [2.24, 2.45) is 0 Å². The van der Waals surface area contributed by atoms with Crippen LogP contribution in [0.15, 0.2) is 29.2 Å². The van der Waals surface area contributed by atoms with Crippen LogP contribution in [-0.2, 0) is 0 Å². The monoisotopic (exact) mass is 249 g/mol. The van der Waals surface area contributed by atoms with Gasteiger partial charge in [-0.2, -0.15) is 0 Å². The predicted molar refractivity (Wildman–Crippen MR) is 76.9 cm³/mol. The number of thioether (sulfide) groups is 1. The van der Waals surface area contributed by atoms with E-state index in [1.54, 1.807) is 5.56 Å². The molecule has 1 atom stereocenters. The molecule has 0 N–H and O–H groups in total. The molecule has 17 heavy (non-hydrogen) atoms. The molecule has 0 radical (unpaired) electrons. The van der Waals surface area contributed by atoms with E-state index in [0.29, 0.717) is 0 Å². The molecule has 1 aromatic rings. The fourth-order valence-electron chi connectivity index (χ4n) is 2.62. The minimum Gasteiger partial charge on any atom is -0.303 e. The third-order valence-electron chi connectivity index (χ3n) is 3.36. The smallest absolute Gasteiger partial charge is 0.0108 e. The van der Waals surface area contributed by atoms with Crippen molar-refractivity contribution in [3.05, 3.63) is 29.8 Å². The molecule has 0 aliphatic carbocycles. The average molecular weight is 249 g/mol. The van der Waals surface area contributed by atoms with Crippen molar-refractivity contribution in [1.29, 1.82) is 0 Å². The molecule has 94 valence electrons. The zero-order valence-corrected chi connectivity index (χ0v) is 11.8. The van der Waals surface area contributed by atoms with Gasteiger partial charge in [0.2, 0.25) is 0 Å². The van der Waals surface area contributed by atoms with Gasteiger partial charge in [-0.1, -0.05) is 32.0 Å². The number of nitrogens with zero attached hydrogens (tertiary/aromatic N) is 1. The highest BCUT2D eigenvalue weighted by atomic mass is 32.2. The Hall–Kier alpha value is -0.470. The van der Waals surface area contributed by atoms with Crippen molar-refractivity contribution in [3.8, 4) is 0 Å². The van der Waals surface area contributed by atoms with E-state index in [2.05, 4.69) is 43.0 Å². The maximum absolute atomic E-state index is 2.63. The Morgan fingerprint density at radius 1 is 1.18 bits per heavy atom. The summed E-state index contributed by atoms with van der Waals surface area (Å²) in [6.45, 7) is 8.29. The molecule has 0 bridgehead atoms. The van der Waals surface area contributed by atoms with E-state index in [4.69, 9.17) is 0 Å². The Morgan fingerprint density at radius 3 is 2.59 bits per heavy atom. The minimum atomic E-state index is 0.745. The van der Waals surface area contributed by atoms with E-state index < -0.39 is 0 Å². The van der Waals surface area contributed by atoms with Gasteiger partial charge >= 0.3 is 0 Å². The highest BCUT2D eigenvalue weighted by Crippen LogP contribution is 2.39. The zero-order valence-electron chi connectivity index (χ0n) is 11.0. The fourth-order valence-corrected chi connectivity index (χ4v) is 3.86. The van der Waals surface area contributed by atoms with Crippen molar-refractivity contribution in [2.45, 2.75) is 37.5 Å². The molecule has 0 amide bonds. The van der Waals surface area contributed by atoms with Crippen LogP contribution in [0, 0.1) is 0 Å². The molecule has 2 heteroatoms. The second-order valence-electron chi connectivity index (χ2n) is 4.85. The molecule has 0 fully saturated rings. The Bertz CT molecular complexity index is 345. The van der Waals surface area contributed by atoms with Crippen molar-refractivity contribution >= 4 is 11.8 Å². The lowest BCUT2D eigenvalue weighted by Gasteiger charge is -2.24. The minimum absolute atomic E-state index is 0.745. The largest absolute Gasteiger partial charge is 0.303 e.